The minimum atomic E-state index is -0.940. The summed E-state index contributed by atoms with van der Waals surface area (Å²) in [7, 11) is 0. The summed E-state index contributed by atoms with van der Waals surface area (Å²) < 4.78 is 19.8. The third-order valence-electron chi connectivity index (χ3n) is 16.6. The Balaban J connectivity index is 1.37. The van der Waals surface area contributed by atoms with Crippen LogP contribution in [0.5, 0.6) is 0 Å². The molecule has 0 radical (unpaired) electrons. The topological polar surface area (TPSA) is 128 Å². The zero-order chi connectivity index (χ0) is 36.5. The van der Waals surface area contributed by atoms with Crippen molar-refractivity contribution in [3.63, 3.8) is 0 Å². The summed E-state index contributed by atoms with van der Waals surface area (Å²) in [5.74, 6) is -0.276. The van der Waals surface area contributed by atoms with E-state index in [1.807, 2.05) is 34.6 Å². The zero-order valence-electron chi connectivity index (χ0n) is 32.7. The van der Waals surface area contributed by atoms with Crippen LogP contribution in [0.25, 0.3) is 0 Å². The van der Waals surface area contributed by atoms with Gasteiger partial charge in [0.1, 0.15) is 18.2 Å². The van der Waals surface area contributed by atoms with Gasteiger partial charge in [-0.15, -0.1) is 0 Å². The number of aliphatic hydroxyl groups excluding tert-OH is 1. The molecule has 1 aliphatic heterocycles. The second kappa shape index (κ2) is 11.6. The van der Waals surface area contributed by atoms with Crippen molar-refractivity contribution in [1.29, 1.82) is 0 Å². The van der Waals surface area contributed by atoms with Crippen LogP contribution in [-0.4, -0.2) is 63.8 Å². The lowest BCUT2D eigenvalue weighted by Gasteiger charge is -2.64. The third kappa shape index (κ3) is 5.24. The summed E-state index contributed by atoms with van der Waals surface area (Å²) in [6.07, 6.45) is 6.58. The van der Waals surface area contributed by atoms with E-state index in [0.717, 1.165) is 51.4 Å². The highest BCUT2D eigenvalue weighted by Crippen LogP contribution is 2.89. The number of nitrogens with two attached hydrogens (primary N) is 1. The maximum atomic E-state index is 13.8. The van der Waals surface area contributed by atoms with Crippen molar-refractivity contribution in [3.8, 4) is 0 Å². The second-order valence-electron chi connectivity index (χ2n) is 20.5. The molecular weight excluding hydrogens is 618 g/mol. The van der Waals surface area contributed by atoms with E-state index >= 15 is 0 Å². The van der Waals surface area contributed by atoms with Gasteiger partial charge in [-0.2, -0.15) is 0 Å². The normalized spacial score (nSPS) is 48.2. The molecule has 4 unspecified atom stereocenters. The number of fused-ring (bicyclic) bond motifs is 2. The third-order valence-corrected chi connectivity index (χ3v) is 16.6. The van der Waals surface area contributed by atoms with Crippen LogP contribution < -0.4 is 5.73 Å². The van der Waals surface area contributed by atoms with Crippen molar-refractivity contribution in [3.05, 3.63) is 0 Å². The van der Waals surface area contributed by atoms with Crippen LogP contribution in [0.4, 0.5) is 0 Å². The molecule has 1 saturated heterocycles. The lowest BCUT2D eigenvalue weighted by atomic mass is 9.41. The molecule has 6 aliphatic rings. The van der Waals surface area contributed by atoms with Crippen molar-refractivity contribution in [1.82, 2.24) is 0 Å². The number of hydrogen-bond donors (Lipinski definition) is 3. The summed E-state index contributed by atoms with van der Waals surface area (Å²) in [6, 6.07) is -0.669. The molecule has 0 amide bonds. The van der Waals surface area contributed by atoms with Gasteiger partial charge in [0.05, 0.1) is 29.3 Å². The molecule has 0 aromatic heterocycles. The van der Waals surface area contributed by atoms with Crippen LogP contribution in [0.1, 0.15) is 141 Å². The van der Waals surface area contributed by atoms with Crippen molar-refractivity contribution >= 4 is 11.9 Å². The highest BCUT2D eigenvalue weighted by molar-refractivity contribution is 5.76. The Labute approximate surface area is 296 Å². The lowest BCUT2D eigenvalue weighted by Crippen LogP contribution is -2.63. The summed E-state index contributed by atoms with van der Waals surface area (Å²) in [5.41, 5.74) is 4.10. The van der Waals surface area contributed by atoms with Gasteiger partial charge in [-0.05, 0) is 118 Å². The molecule has 2 spiro atoms. The molecule has 14 atom stereocenters. The maximum absolute atomic E-state index is 13.8. The number of carbonyl (C=O) groups excluding carboxylic acids is 2. The van der Waals surface area contributed by atoms with Gasteiger partial charge >= 0.3 is 11.9 Å². The van der Waals surface area contributed by atoms with Crippen LogP contribution >= 0.6 is 0 Å². The number of ether oxygens (including phenoxy) is 3. The lowest BCUT2D eigenvalue weighted by molar-refractivity contribution is -0.226. The molecule has 0 aromatic rings. The summed E-state index contributed by atoms with van der Waals surface area (Å²) in [4.78, 5) is 27.1. The number of rotatable bonds is 8. The van der Waals surface area contributed by atoms with E-state index in [2.05, 4.69) is 48.5 Å². The van der Waals surface area contributed by atoms with E-state index < -0.39 is 28.8 Å². The number of hydrogen-bond acceptors (Lipinski definition) is 8. The average Bonchev–Trinajstić information content (AvgIpc) is 3.35. The molecule has 6 rings (SSSR count). The van der Waals surface area contributed by atoms with Gasteiger partial charge < -0.3 is 30.2 Å². The monoisotopic (exact) mass is 688 g/mol. The van der Waals surface area contributed by atoms with E-state index in [1.54, 1.807) is 0 Å². The molecule has 5 aliphatic carbocycles. The van der Waals surface area contributed by atoms with Gasteiger partial charge in [0, 0.05) is 17.3 Å². The molecular formula is C41H69NO7. The summed E-state index contributed by atoms with van der Waals surface area (Å²) >= 11 is 0. The van der Waals surface area contributed by atoms with E-state index in [0.29, 0.717) is 6.42 Å². The van der Waals surface area contributed by atoms with Crippen LogP contribution in [0, 0.1) is 62.6 Å². The van der Waals surface area contributed by atoms with Crippen LogP contribution in [-0.2, 0) is 23.8 Å². The van der Waals surface area contributed by atoms with Crippen LogP contribution in [0.2, 0.25) is 0 Å². The van der Waals surface area contributed by atoms with Crippen LogP contribution in [0.3, 0.4) is 0 Å². The predicted molar refractivity (Wildman–Crippen MR) is 189 cm³/mol. The van der Waals surface area contributed by atoms with Crippen molar-refractivity contribution < 1.29 is 34.0 Å². The average molecular weight is 688 g/mol. The predicted octanol–water partition coefficient (Wildman–Crippen LogP) is 6.81. The first-order valence-corrected chi connectivity index (χ1v) is 19.7. The van der Waals surface area contributed by atoms with Gasteiger partial charge in [0.25, 0.3) is 0 Å². The van der Waals surface area contributed by atoms with Crippen molar-refractivity contribution in [2.75, 3.05) is 0 Å². The zero-order valence-corrected chi connectivity index (χ0v) is 32.7. The van der Waals surface area contributed by atoms with E-state index in [4.69, 9.17) is 19.9 Å². The molecule has 0 aromatic carbocycles. The fraction of sp³-hybridized carbons (Fsp3) is 0.951. The van der Waals surface area contributed by atoms with Crippen molar-refractivity contribution in [2.45, 2.75) is 183 Å². The largest absolute Gasteiger partial charge is 0.462 e. The van der Waals surface area contributed by atoms with E-state index in [-0.39, 0.29) is 87.4 Å². The Morgan fingerprint density at radius 3 is 2.06 bits per heavy atom. The standard InChI is InChI=1S/C41H69NO7/c1-22(2)24(5)33(44)47-26-19-27-38(11)20-25(43)31(39(12)15-13-29(49-39)36(8,9)46)37(38,10)17-18-40(27)21-41(40)16-14-28(35(6,7)32(26)41)48-34(45)30(42)23(3)4/h22-32,43,46H,13-21,42H2,1-12H3/t24?,25-,26-,27?,28-,29-,30?,31-,32-,37+,38-,39+,40?,41+/m0/s1. The van der Waals surface area contributed by atoms with Crippen molar-refractivity contribution in [2.24, 2.45) is 68.3 Å². The maximum Gasteiger partial charge on any atom is 0.323 e. The first-order chi connectivity index (χ1) is 22.4. The minimum Gasteiger partial charge on any atom is -0.462 e. The fourth-order valence-electron chi connectivity index (χ4n) is 13.4. The van der Waals surface area contributed by atoms with Gasteiger partial charge in [-0.25, -0.2) is 0 Å². The summed E-state index contributed by atoms with van der Waals surface area (Å²) in [5, 5.41) is 23.0. The first-order valence-electron chi connectivity index (χ1n) is 19.7. The molecule has 1 heterocycles. The molecule has 0 bridgehead atoms. The van der Waals surface area contributed by atoms with Gasteiger partial charge in [0.15, 0.2) is 0 Å². The molecule has 49 heavy (non-hydrogen) atoms. The van der Waals surface area contributed by atoms with Gasteiger partial charge in [-0.1, -0.05) is 62.3 Å². The Morgan fingerprint density at radius 2 is 1.49 bits per heavy atom. The first kappa shape index (κ1) is 37.5. The summed E-state index contributed by atoms with van der Waals surface area (Å²) in [6.45, 7) is 25.1. The quantitative estimate of drug-likeness (QED) is 0.238. The molecule has 4 N–H and O–H groups in total. The van der Waals surface area contributed by atoms with Crippen LogP contribution in [0.15, 0.2) is 0 Å². The Morgan fingerprint density at radius 1 is 0.837 bits per heavy atom. The molecule has 8 heteroatoms. The highest BCUT2D eigenvalue weighted by atomic mass is 16.6. The molecule has 6 fully saturated rings. The smallest absolute Gasteiger partial charge is 0.323 e. The molecule has 5 saturated carbocycles. The molecule has 280 valence electrons. The number of carbonyl (C=O) groups is 2. The van der Waals surface area contributed by atoms with E-state index in [9.17, 15) is 19.8 Å². The van der Waals surface area contributed by atoms with Gasteiger partial charge in [0.2, 0.25) is 0 Å². The Hall–Kier alpha value is -1.22. The highest BCUT2D eigenvalue weighted by Gasteiger charge is 2.85. The number of aliphatic hydroxyl groups is 2. The van der Waals surface area contributed by atoms with Gasteiger partial charge in [-0.3, -0.25) is 9.59 Å². The Kier molecular flexibility index (Phi) is 8.92. The Bertz CT molecular complexity index is 1320. The second-order valence-corrected chi connectivity index (χ2v) is 20.5. The SMILES string of the molecule is CC(C)C(C)C(=O)O[C@H]1CC2C3(CC[C@]4(C)[C@@H]([C@@]5(C)CC[C@@H](C(C)(C)O)O5)[C@@H](O)C[C@@]24C)C[C@@]32CC[C@H](OC(=O)C(N)C(C)C)C(C)(C)[C@H]12. The van der Waals surface area contributed by atoms with E-state index in [1.165, 1.54) is 0 Å². The fourth-order valence-corrected chi connectivity index (χ4v) is 13.4. The number of esters is 2. The minimum absolute atomic E-state index is 0.0123. The molecule has 8 nitrogen and oxygen atoms in total.